The highest BCUT2D eigenvalue weighted by molar-refractivity contribution is 8.13. The molecule has 0 amide bonds. The number of halogens is 1. The van der Waals surface area contributed by atoms with E-state index in [1.165, 1.54) is 0 Å². The minimum Gasteiger partial charge on any atom is -0.468 e. The van der Waals surface area contributed by atoms with Gasteiger partial charge in [0.05, 0.1) is 11.9 Å². The summed E-state index contributed by atoms with van der Waals surface area (Å²) < 4.78 is 5.86. The lowest BCUT2D eigenvalue weighted by molar-refractivity contribution is 0.302. The van der Waals surface area contributed by atoms with Crippen molar-refractivity contribution in [3.63, 3.8) is 0 Å². The zero-order valence-corrected chi connectivity index (χ0v) is 14.3. The molecule has 0 saturated carbocycles. The summed E-state index contributed by atoms with van der Waals surface area (Å²) in [4.78, 5) is 8.61. The topological polar surface area (TPSA) is 34.5 Å². The Kier molecular flexibility index (Phi) is 6.74. The number of hydrogen-bond acceptors (Lipinski definition) is 4. The van der Waals surface area contributed by atoms with Crippen LogP contribution in [0.1, 0.15) is 19.4 Å². The molecule has 0 bridgehead atoms. The lowest BCUT2D eigenvalue weighted by atomic mass is 10.2. The summed E-state index contributed by atoms with van der Waals surface area (Å²) in [6.07, 6.45) is 3.45. The molecular weight excluding hydrogens is 316 g/mol. The lowest BCUT2D eigenvalue weighted by Gasteiger charge is -2.10. The summed E-state index contributed by atoms with van der Waals surface area (Å²) in [5.41, 5.74) is 1.86. The predicted molar refractivity (Wildman–Crippen MR) is 94.9 cm³/mol. The van der Waals surface area contributed by atoms with E-state index >= 15 is 0 Å². The number of aliphatic imine (C=N–C) groups is 1. The van der Waals surface area contributed by atoms with Gasteiger partial charge in [0, 0.05) is 17.0 Å². The maximum Gasteiger partial charge on any atom is 0.251 e. The molecular formula is C17H19ClN2OS. The van der Waals surface area contributed by atoms with Gasteiger partial charge in [-0.2, -0.15) is 0 Å². The van der Waals surface area contributed by atoms with Crippen molar-refractivity contribution >= 4 is 34.3 Å². The summed E-state index contributed by atoms with van der Waals surface area (Å²) in [7, 11) is 0. The number of aromatic nitrogens is 1. The van der Waals surface area contributed by atoms with E-state index in [1.807, 2.05) is 36.4 Å². The molecule has 0 unspecified atom stereocenters. The Balaban J connectivity index is 2.04. The van der Waals surface area contributed by atoms with Crippen LogP contribution in [0.15, 0.2) is 53.8 Å². The number of benzene rings is 1. The van der Waals surface area contributed by atoms with Crippen LogP contribution in [0.3, 0.4) is 0 Å². The Morgan fingerprint density at radius 3 is 2.68 bits per heavy atom. The van der Waals surface area contributed by atoms with Gasteiger partial charge in [-0.15, -0.1) is 0 Å². The largest absolute Gasteiger partial charge is 0.468 e. The number of pyridine rings is 1. The van der Waals surface area contributed by atoms with Gasteiger partial charge in [0.15, 0.2) is 0 Å². The van der Waals surface area contributed by atoms with E-state index in [1.54, 1.807) is 24.2 Å². The zero-order chi connectivity index (χ0) is 15.8. The fourth-order valence-electron chi connectivity index (χ4n) is 1.60. The molecule has 0 aliphatic carbocycles. The SMILES string of the molecule is CC(C)CSC(=Nc1cccnc1)OCc1ccc(Cl)cc1. The first-order valence-electron chi connectivity index (χ1n) is 7.12. The molecule has 0 radical (unpaired) electrons. The maximum absolute atomic E-state index is 5.89. The van der Waals surface area contributed by atoms with Crippen LogP contribution in [0, 0.1) is 5.92 Å². The first kappa shape index (κ1) is 16.8. The van der Waals surface area contributed by atoms with Crippen molar-refractivity contribution in [1.82, 2.24) is 4.98 Å². The second-order valence-corrected chi connectivity index (χ2v) is 6.62. The van der Waals surface area contributed by atoms with Crippen LogP contribution >= 0.6 is 23.4 Å². The highest BCUT2D eigenvalue weighted by Gasteiger charge is 2.06. The molecule has 1 aromatic carbocycles. The van der Waals surface area contributed by atoms with Gasteiger partial charge in [-0.1, -0.05) is 49.3 Å². The predicted octanol–water partition coefficient (Wildman–Crippen LogP) is 5.33. The fourth-order valence-corrected chi connectivity index (χ4v) is 2.51. The molecule has 1 heterocycles. The van der Waals surface area contributed by atoms with Gasteiger partial charge in [0.2, 0.25) is 0 Å². The van der Waals surface area contributed by atoms with E-state index in [2.05, 4.69) is 23.8 Å². The number of ether oxygens (including phenoxy) is 1. The van der Waals surface area contributed by atoms with E-state index < -0.39 is 0 Å². The van der Waals surface area contributed by atoms with Crippen LogP contribution in [-0.4, -0.2) is 16.0 Å². The third-order valence-electron chi connectivity index (χ3n) is 2.68. The molecule has 0 N–H and O–H groups in total. The van der Waals surface area contributed by atoms with Crippen molar-refractivity contribution in [3.8, 4) is 0 Å². The first-order valence-corrected chi connectivity index (χ1v) is 8.48. The van der Waals surface area contributed by atoms with E-state index in [4.69, 9.17) is 16.3 Å². The molecule has 2 rings (SSSR count). The molecule has 2 aromatic rings. The normalized spacial score (nSPS) is 11.7. The van der Waals surface area contributed by atoms with Crippen LogP contribution in [0.4, 0.5) is 5.69 Å². The molecule has 0 fully saturated rings. The third kappa shape index (κ3) is 6.08. The molecule has 0 aliphatic rings. The van der Waals surface area contributed by atoms with Crippen LogP contribution < -0.4 is 0 Å². The summed E-state index contributed by atoms with van der Waals surface area (Å²) in [5, 5.41) is 1.39. The Morgan fingerprint density at radius 1 is 1.27 bits per heavy atom. The van der Waals surface area contributed by atoms with Crippen LogP contribution in [-0.2, 0) is 11.3 Å². The minimum absolute atomic E-state index is 0.474. The van der Waals surface area contributed by atoms with Crippen molar-refractivity contribution in [1.29, 1.82) is 0 Å². The smallest absolute Gasteiger partial charge is 0.251 e. The van der Waals surface area contributed by atoms with Gasteiger partial charge in [-0.25, -0.2) is 4.99 Å². The average molecular weight is 335 g/mol. The zero-order valence-electron chi connectivity index (χ0n) is 12.7. The number of hydrogen-bond donors (Lipinski definition) is 0. The molecule has 116 valence electrons. The van der Waals surface area contributed by atoms with Gasteiger partial charge < -0.3 is 4.74 Å². The number of nitrogens with zero attached hydrogens (tertiary/aromatic N) is 2. The maximum atomic E-state index is 5.89. The van der Waals surface area contributed by atoms with Gasteiger partial charge in [0.25, 0.3) is 5.23 Å². The van der Waals surface area contributed by atoms with Crippen molar-refractivity contribution in [2.75, 3.05) is 5.75 Å². The second-order valence-electron chi connectivity index (χ2n) is 5.21. The highest BCUT2D eigenvalue weighted by atomic mass is 35.5. The van der Waals surface area contributed by atoms with Gasteiger partial charge in [-0.3, -0.25) is 4.98 Å². The Hall–Kier alpha value is -1.52. The Bertz CT molecular complexity index is 600. The quantitative estimate of drug-likeness (QED) is 0.547. The van der Waals surface area contributed by atoms with Crippen molar-refractivity contribution in [3.05, 3.63) is 59.4 Å². The minimum atomic E-state index is 0.474. The van der Waals surface area contributed by atoms with Crippen LogP contribution in [0.2, 0.25) is 5.02 Å². The molecule has 5 heteroatoms. The molecule has 0 atom stereocenters. The molecule has 0 spiro atoms. The van der Waals surface area contributed by atoms with Gasteiger partial charge >= 0.3 is 0 Å². The van der Waals surface area contributed by atoms with E-state index in [0.29, 0.717) is 17.8 Å². The fraction of sp³-hybridized carbons (Fsp3) is 0.294. The monoisotopic (exact) mass is 334 g/mol. The third-order valence-corrected chi connectivity index (χ3v) is 4.22. The number of rotatable bonds is 5. The lowest BCUT2D eigenvalue weighted by Crippen LogP contribution is -2.04. The highest BCUT2D eigenvalue weighted by Crippen LogP contribution is 2.19. The van der Waals surface area contributed by atoms with Gasteiger partial charge in [0.1, 0.15) is 6.61 Å². The Morgan fingerprint density at radius 2 is 2.05 bits per heavy atom. The molecule has 22 heavy (non-hydrogen) atoms. The molecule has 0 aliphatic heterocycles. The molecule has 3 nitrogen and oxygen atoms in total. The molecule has 0 saturated heterocycles. The standard InChI is InChI=1S/C17H19ClN2OS/c1-13(2)12-22-17(20-16-4-3-9-19-10-16)21-11-14-5-7-15(18)8-6-14/h3-10,13H,11-12H2,1-2H3. The first-order chi connectivity index (χ1) is 10.6. The summed E-state index contributed by atoms with van der Waals surface area (Å²) in [6, 6.07) is 11.4. The van der Waals surface area contributed by atoms with Crippen molar-refractivity contribution in [2.45, 2.75) is 20.5 Å². The van der Waals surface area contributed by atoms with Crippen molar-refractivity contribution < 1.29 is 4.74 Å². The van der Waals surface area contributed by atoms with E-state index in [-0.39, 0.29) is 0 Å². The number of thioether (sulfide) groups is 1. The summed E-state index contributed by atoms with van der Waals surface area (Å²) in [6.45, 7) is 4.82. The Labute approximate surface area is 140 Å². The second kappa shape index (κ2) is 8.81. The summed E-state index contributed by atoms with van der Waals surface area (Å²) >= 11 is 7.51. The average Bonchev–Trinajstić information content (AvgIpc) is 2.52. The molecule has 1 aromatic heterocycles. The van der Waals surface area contributed by atoms with Crippen LogP contribution in [0.25, 0.3) is 0 Å². The van der Waals surface area contributed by atoms with Crippen molar-refractivity contribution in [2.24, 2.45) is 10.9 Å². The van der Waals surface area contributed by atoms with E-state index in [0.717, 1.165) is 22.0 Å². The summed E-state index contributed by atoms with van der Waals surface area (Å²) in [5.74, 6) is 1.53. The van der Waals surface area contributed by atoms with E-state index in [9.17, 15) is 0 Å². The van der Waals surface area contributed by atoms with Crippen LogP contribution in [0.5, 0.6) is 0 Å². The van der Waals surface area contributed by atoms with Gasteiger partial charge in [-0.05, 0) is 35.7 Å².